The number of carboxylic acids is 1. The van der Waals surface area contributed by atoms with Crippen molar-refractivity contribution in [3.63, 3.8) is 0 Å². The number of rotatable bonds is 4. The van der Waals surface area contributed by atoms with E-state index in [4.69, 9.17) is 5.11 Å². The van der Waals surface area contributed by atoms with E-state index in [2.05, 4.69) is 21.8 Å². The van der Waals surface area contributed by atoms with Gasteiger partial charge >= 0.3 is 5.97 Å². The van der Waals surface area contributed by atoms with E-state index in [1.54, 1.807) is 12.1 Å². The zero-order valence-corrected chi connectivity index (χ0v) is 8.16. The third kappa shape index (κ3) is 3.02. The van der Waals surface area contributed by atoms with Gasteiger partial charge in [-0.25, -0.2) is 4.79 Å². The molecule has 0 heterocycles. The van der Waals surface area contributed by atoms with Crippen LogP contribution in [0.2, 0.25) is 0 Å². The molecule has 0 saturated carbocycles. The lowest BCUT2D eigenvalue weighted by Crippen LogP contribution is -1.99. The van der Waals surface area contributed by atoms with Crippen LogP contribution in [0.5, 0.6) is 5.75 Å². The van der Waals surface area contributed by atoms with Crippen molar-refractivity contribution in [2.75, 3.05) is 0 Å². The number of carboxylic acid groups (broad SMARTS) is 1. The number of carbonyl (C=O) groups excluding carboxylic acids is 1. The Hall–Kier alpha value is -2.50. The first kappa shape index (κ1) is 11.6. The molecule has 0 aliphatic rings. The van der Waals surface area contributed by atoms with E-state index in [1.807, 2.05) is 0 Å². The molecule has 6 nitrogen and oxygen atoms in total. The zero-order chi connectivity index (χ0) is 12.0. The van der Waals surface area contributed by atoms with Gasteiger partial charge in [0, 0.05) is 5.28 Å². The molecule has 6 heteroatoms. The number of hydrogen-bond donors (Lipinski definition) is 1. The van der Waals surface area contributed by atoms with E-state index in [0.717, 1.165) is 6.08 Å². The minimum Gasteiger partial charge on any atom is -0.478 e. The lowest BCUT2D eigenvalue weighted by Gasteiger charge is -2.00. The van der Waals surface area contributed by atoms with Gasteiger partial charge in [0.2, 0.25) is 0 Å². The summed E-state index contributed by atoms with van der Waals surface area (Å²) in [7, 11) is 0. The van der Waals surface area contributed by atoms with Crippen molar-refractivity contribution in [2.24, 2.45) is 10.4 Å². The normalized spacial score (nSPS) is 10.0. The van der Waals surface area contributed by atoms with Gasteiger partial charge in [-0.1, -0.05) is 23.8 Å². The SMILES string of the molecule is C=CC(=O)N=NOc1ccccc1C(=O)O. The number of hydrogen-bond acceptors (Lipinski definition) is 4. The van der Waals surface area contributed by atoms with Gasteiger partial charge in [0.25, 0.3) is 5.91 Å². The van der Waals surface area contributed by atoms with Crippen LogP contribution in [0.15, 0.2) is 47.3 Å². The quantitative estimate of drug-likeness (QED) is 0.476. The van der Waals surface area contributed by atoms with Gasteiger partial charge in [0.05, 0.1) is 0 Å². The molecule has 16 heavy (non-hydrogen) atoms. The topological polar surface area (TPSA) is 88.3 Å². The summed E-state index contributed by atoms with van der Waals surface area (Å²) in [5.74, 6) is -1.82. The van der Waals surface area contributed by atoms with E-state index in [0.29, 0.717) is 0 Å². The third-order valence-electron chi connectivity index (χ3n) is 1.57. The fourth-order valence-corrected chi connectivity index (χ4v) is 0.868. The van der Waals surface area contributed by atoms with Crippen LogP contribution in [0.25, 0.3) is 0 Å². The van der Waals surface area contributed by atoms with Gasteiger partial charge in [-0.15, -0.1) is 0 Å². The first-order valence-electron chi connectivity index (χ1n) is 4.22. The molecule has 1 aromatic rings. The minimum absolute atomic E-state index is 0.00983. The molecule has 0 atom stereocenters. The summed E-state index contributed by atoms with van der Waals surface area (Å²) in [6.45, 7) is 3.18. The Balaban J connectivity index is 2.81. The van der Waals surface area contributed by atoms with Crippen LogP contribution < -0.4 is 4.84 Å². The van der Waals surface area contributed by atoms with Crippen molar-refractivity contribution in [1.82, 2.24) is 0 Å². The van der Waals surface area contributed by atoms with Crippen LogP contribution in [-0.4, -0.2) is 17.0 Å². The Bertz CT molecular complexity index is 454. The molecular formula is C10H8N2O4. The highest BCUT2D eigenvalue weighted by atomic mass is 16.6. The highest BCUT2D eigenvalue weighted by molar-refractivity contribution is 5.90. The lowest BCUT2D eigenvalue weighted by molar-refractivity contribution is -0.114. The molecule has 0 radical (unpaired) electrons. The van der Waals surface area contributed by atoms with Crippen molar-refractivity contribution in [3.8, 4) is 5.75 Å². The average Bonchev–Trinajstić information content (AvgIpc) is 2.29. The molecular weight excluding hydrogens is 212 g/mol. The Morgan fingerprint density at radius 2 is 2.06 bits per heavy atom. The first-order valence-corrected chi connectivity index (χ1v) is 4.22. The largest absolute Gasteiger partial charge is 0.478 e. The predicted molar refractivity (Wildman–Crippen MR) is 54.1 cm³/mol. The molecule has 82 valence electrons. The smallest absolute Gasteiger partial charge is 0.339 e. The number of amides is 1. The number of carbonyl (C=O) groups is 2. The second-order valence-electron chi connectivity index (χ2n) is 2.62. The van der Waals surface area contributed by atoms with Gasteiger partial charge in [0.15, 0.2) is 5.75 Å². The van der Waals surface area contributed by atoms with E-state index in [1.165, 1.54) is 12.1 Å². The number of nitrogens with zero attached hydrogens (tertiary/aromatic N) is 2. The monoisotopic (exact) mass is 220 g/mol. The fourth-order valence-electron chi connectivity index (χ4n) is 0.868. The van der Waals surface area contributed by atoms with Crippen LogP contribution in [0.3, 0.4) is 0 Å². The Morgan fingerprint density at radius 1 is 1.38 bits per heavy atom. The molecule has 1 aromatic carbocycles. The van der Waals surface area contributed by atoms with Crippen LogP contribution in [0.1, 0.15) is 10.4 Å². The lowest BCUT2D eigenvalue weighted by atomic mass is 10.2. The second-order valence-corrected chi connectivity index (χ2v) is 2.62. The summed E-state index contributed by atoms with van der Waals surface area (Å²) in [4.78, 5) is 26.1. The highest BCUT2D eigenvalue weighted by Crippen LogP contribution is 2.17. The van der Waals surface area contributed by atoms with Crippen LogP contribution >= 0.6 is 0 Å². The van der Waals surface area contributed by atoms with Gasteiger partial charge in [-0.3, -0.25) is 4.79 Å². The predicted octanol–water partition coefficient (Wildman–Crippen LogP) is 1.84. The summed E-state index contributed by atoms with van der Waals surface area (Å²) in [6.07, 6.45) is 0.954. The van der Waals surface area contributed by atoms with Crippen molar-refractivity contribution in [2.45, 2.75) is 0 Å². The van der Waals surface area contributed by atoms with Crippen molar-refractivity contribution >= 4 is 11.9 Å². The molecule has 0 unspecified atom stereocenters. The Labute approximate surface area is 90.8 Å². The number of aromatic carboxylic acids is 1. The first-order chi connectivity index (χ1) is 7.65. The molecule has 1 rings (SSSR count). The third-order valence-corrected chi connectivity index (χ3v) is 1.57. The van der Waals surface area contributed by atoms with Gasteiger partial charge in [0.1, 0.15) is 5.56 Å². The van der Waals surface area contributed by atoms with Gasteiger partial charge in [-0.05, 0) is 18.2 Å². The van der Waals surface area contributed by atoms with Gasteiger partial charge < -0.3 is 9.94 Å². The summed E-state index contributed by atoms with van der Waals surface area (Å²) in [6, 6.07) is 5.87. The zero-order valence-electron chi connectivity index (χ0n) is 8.16. The summed E-state index contributed by atoms with van der Waals surface area (Å²) >= 11 is 0. The van der Waals surface area contributed by atoms with E-state index in [9.17, 15) is 9.59 Å². The standard InChI is InChI=1S/C10H8N2O4/c1-2-9(13)11-12-16-8-6-4-3-5-7(8)10(14)15/h2-6H,1H2,(H,14,15). The molecule has 1 amide bonds. The maximum atomic E-state index is 10.7. The molecule has 0 fully saturated rings. The Kier molecular flexibility index (Phi) is 3.90. The highest BCUT2D eigenvalue weighted by Gasteiger charge is 2.10. The minimum atomic E-state index is -1.15. The summed E-state index contributed by atoms with van der Waals surface area (Å²) in [5.41, 5.74) is -0.0625. The molecule has 0 spiro atoms. The summed E-state index contributed by atoms with van der Waals surface area (Å²) < 4.78 is 0. The van der Waals surface area contributed by atoms with Gasteiger partial charge in [-0.2, -0.15) is 0 Å². The second kappa shape index (κ2) is 5.40. The number of para-hydroxylation sites is 1. The van der Waals surface area contributed by atoms with E-state index >= 15 is 0 Å². The maximum absolute atomic E-state index is 10.7. The van der Waals surface area contributed by atoms with E-state index in [-0.39, 0.29) is 11.3 Å². The average molecular weight is 220 g/mol. The fraction of sp³-hybridized carbons (Fsp3) is 0. The van der Waals surface area contributed by atoms with Crippen LogP contribution in [0.4, 0.5) is 0 Å². The van der Waals surface area contributed by atoms with Crippen molar-refractivity contribution in [3.05, 3.63) is 42.5 Å². The maximum Gasteiger partial charge on any atom is 0.339 e. The number of benzene rings is 1. The Morgan fingerprint density at radius 3 is 2.69 bits per heavy atom. The van der Waals surface area contributed by atoms with E-state index < -0.39 is 11.9 Å². The van der Waals surface area contributed by atoms with Crippen molar-refractivity contribution < 1.29 is 19.5 Å². The molecule has 0 aromatic heterocycles. The molecule has 1 N–H and O–H groups in total. The molecule has 0 saturated heterocycles. The molecule has 0 aliphatic carbocycles. The molecule has 0 aliphatic heterocycles. The summed E-state index contributed by atoms with van der Waals surface area (Å²) in [5, 5.41) is 15.0. The van der Waals surface area contributed by atoms with Crippen LogP contribution in [-0.2, 0) is 4.79 Å². The molecule has 0 bridgehead atoms. The van der Waals surface area contributed by atoms with Crippen molar-refractivity contribution in [1.29, 1.82) is 0 Å². The van der Waals surface area contributed by atoms with Crippen LogP contribution in [0, 0.1) is 0 Å².